The van der Waals surface area contributed by atoms with Crippen LogP contribution in [0.1, 0.15) is 33.6 Å². The molecule has 0 heterocycles. The maximum Gasteiger partial charge on any atom is 0.333 e. The Hall–Kier alpha value is -1.78. The third-order valence-corrected chi connectivity index (χ3v) is 3.40. The first-order chi connectivity index (χ1) is 8.47. The summed E-state index contributed by atoms with van der Waals surface area (Å²) in [6.45, 7) is 6.17. The normalized spacial score (nSPS) is 11.1. The lowest BCUT2D eigenvalue weighted by atomic mass is 9.95. The molecule has 0 radical (unpaired) electrons. The van der Waals surface area contributed by atoms with Gasteiger partial charge in [0.05, 0.1) is 12.0 Å². The van der Waals surface area contributed by atoms with E-state index >= 15 is 0 Å². The molecule has 1 N–H and O–H groups in total. The Morgan fingerprint density at radius 1 is 1.39 bits per heavy atom. The standard InChI is InChI=1S/C13H20N2O3/c1-5-13(3,6-2)14-10-8-7-9-11(18-4)12(10)15(16)17/h7-9,14H,5-6H2,1-4H3. The van der Waals surface area contributed by atoms with Gasteiger partial charge in [0.25, 0.3) is 0 Å². The average molecular weight is 252 g/mol. The molecule has 0 atom stereocenters. The second-order valence-electron chi connectivity index (χ2n) is 4.51. The predicted molar refractivity (Wildman–Crippen MR) is 72.3 cm³/mol. The quantitative estimate of drug-likeness (QED) is 0.620. The van der Waals surface area contributed by atoms with Crippen molar-refractivity contribution < 1.29 is 9.66 Å². The molecule has 100 valence electrons. The van der Waals surface area contributed by atoms with E-state index in [2.05, 4.69) is 26.1 Å². The van der Waals surface area contributed by atoms with Gasteiger partial charge in [-0.25, -0.2) is 0 Å². The van der Waals surface area contributed by atoms with Crippen LogP contribution in [0.25, 0.3) is 0 Å². The highest BCUT2D eigenvalue weighted by Gasteiger charge is 2.26. The first kappa shape index (κ1) is 14.3. The molecule has 0 saturated carbocycles. The molecule has 0 aliphatic carbocycles. The molecule has 0 aliphatic heterocycles. The number of nitrogens with one attached hydrogen (secondary N) is 1. The molecule has 1 aromatic rings. The summed E-state index contributed by atoms with van der Waals surface area (Å²) >= 11 is 0. The molecule has 0 amide bonds. The zero-order chi connectivity index (χ0) is 13.8. The summed E-state index contributed by atoms with van der Waals surface area (Å²) in [7, 11) is 1.44. The molecule has 0 spiro atoms. The lowest BCUT2D eigenvalue weighted by molar-refractivity contribution is -0.384. The van der Waals surface area contributed by atoms with Crippen LogP contribution in [0.5, 0.6) is 5.75 Å². The fourth-order valence-electron chi connectivity index (χ4n) is 1.73. The third-order valence-electron chi connectivity index (χ3n) is 3.40. The molecular formula is C13H20N2O3. The molecule has 0 saturated heterocycles. The summed E-state index contributed by atoms with van der Waals surface area (Å²) in [4.78, 5) is 10.7. The van der Waals surface area contributed by atoms with E-state index in [4.69, 9.17) is 4.74 Å². The van der Waals surface area contributed by atoms with Gasteiger partial charge in [-0.2, -0.15) is 0 Å². The van der Waals surface area contributed by atoms with Crippen LogP contribution in [0.3, 0.4) is 0 Å². The van der Waals surface area contributed by atoms with Crippen molar-refractivity contribution >= 4 is 11.4 Å². The van der Waals surface area contributed by atoms with Crippen molar-refractivity contribution in [2.24, 2.45) is 0 Å². The van der Waals surface area contributed by atoms with Gasteiger partial charge in [0.15, 0.2) is 5.75 Å². The van der Waals surface area contributed by atoms with E-state index in [-0.39, 0.29) is 17.0 Å². The molecular weight excluding hydrogens is 232 g/mol. The molecule has 1 aromatic carbocycles. The molecule has 0 fully saturated rings. The fourth-order valence-corrected chi connectivity index (χ4v) is 1.73. The van der Waals surface area contributed by atoms with Gasteiger partial charge in [-0.15, -0.1) is 0 Å². The highest BCUT2D eigenvalue weighted by atomic mass is 16.6. The molecule has 0 aromatic heterocycles. The lowest BCUT2D eigenvalue weighted by Crippen LogP contribution is -2.33. The Morgan fingerprint density at radius 3 is 2.44 bits per heavy atom. The van der Waals surface area contributed by atoms with Crippen molar-refractivity contribution in [1.82, 2.24) is 0 Å². The van der Waals surface area contributed by atoms with Crippen LogP contribution >= 0.6 is 0 Å². The first-order valence-corrected chi connectivity index (χ1v) is 6.07. The number of benzene rings is 1. The van der Waals surface area contributed by atoms with Crippen molar-refractivity contribution in [3.05, 3.63) is 28.3 Å². The minimum Gasteiger partial charge on any atom is -0.490 e. The highest BCUT2D eigenvalue weighted by Crippen LogP contribution is 2.36. The van der Waals surface area contributed by atoms with E-state index in [1.807, 2.05) is 0 Å². The molecule has 5 heteroatoms. The monoisotopic (exact) mass is 252 g/mol. The number of para-hydroxylation sites is 1. The number of hydrogen-bond donors (Lipinski definition) is 1. The van der Waals surface area contributed by atoms with Crippen LogP contribution in [0.15, 0.2) is 18.2 Å². The molecule has 0 aliphatic rings. The van der Waals surface area contributed by atoms with Gasteiger partial charge in [0.1, 0.15) is 5.69 Å². The molecule has 0 bridgehead atoms. The predicted octanol–water partition coefficient (Wildman–Crippen LogP) is 3.59. The van der Waals surface area contributed by atoms with E-state index in [1.165, 1.54) is 7.11 Å². The van der Waals surface area contributed by atoms with Crippen LogP contribution in [0.4, 0.5) is 11.4 Å². The molecule has 1 rings (SSSR count). The third kappa shape index (κ3) is 2.91. The van der Waals surface area contributed by atoms with Gasteiger partial charge in [-0.1, -0.05) is 19.9 Å². The van der Waals surface area contributed by atoms with E-state index in [0.29, 0.717) is 5.69 Å². The Bertz CT molecular complexity index is 428. The number of nitrogens with zero attached hydrogens (tertiary/aromatic N) is 1. The van der Waals surface area contributed by atoms with E-state index < -0.39 is 4.92 Å². The summed E-state index contributed by atoms with van der Waals surface area (Å²) in [5.41, 5.74) is 0.343. The van der Waals surface area contributed by atoms with Crippen molar-refractivity contribution in [3.63, 3.8) is 0 Å². The number of nitro groups is 1. The Labute approximate surface area is 107 Å². The van der Waals surface area contributed by atoms with Gasteiger partial charge in [0.2, 0.25) is 0 Å². The average Bonchev–Trinajstić information content (AvgIpc) is 2.37. The van der Waals surface area contributed by atoms with E-state index in [9.17, 15) is 10.1 Å². The van der Waals surface area contributed by atoms with Crippen LogP contribution in [0.2, 0.25) is 0 Å². The van der Waals surface area contributed by atoms with Crippen LogP contribution in [0, 0.1) is 10.1 Å². The van der Waals surface area contributed by atoms with Gasteiger partial charge < -0.3 is 10.1 Å². The van der Waals surface area contributed by atoms with Crippen LogP contribution < -0.4 is 10.1 Å². The molecule has 0 unspecified atom stereocenters. The van der Waals surface area contributed by atoms with Crippen molar-refractivity contribution in [2.45, 2.75) is 39.2 Å². The van der Waals surface area contributed by atoms with Crippen molar-refractivity contribution in [3.8, 4) is 5.75 Å². The number of rotatable bonds is 6. The highest BCUT2D eigenvalue weighted by molar-refractivity contribution is 5.69. The van der Waals surface area contributed by atoms with Crippen LogP contribution in [-0.4, -0.2) is 17.6 Å². The Morgan fingerprint density at radius 2 is 2.00 bits per heavy atom. The van der Waals surface area contributed by atoms with E-state index in [0.717, 1.165) is 12.8 Å². The number of anilines is 1. The van der Waals surface area contributed by atoms with Gasteiger partial charge in [-0.05, 0) is 31.9 Å². The molecule has 5 nitrogen and oxygen atoms in total. The summed E-state index contributed by atoms with van der Waals surface area (Å²) in [6, 6.07) is 5.06. The number of methoxy groups -OCH3 is 1. The lowest BCUT2D eigenvalue weighted by Gasteiger charge is -2.29. The maximum atomic E-state index is 11.1. The zero-order valence-electron chi connectivity index (χ0n) is 11.3. The minimum atomic E-state index is -0.410. The number of ether oxygens (including phenoxy) is 1. The fraction of sp³-hybridized carbons (Fsp3) is 0.538. The summed E-state index contributed by atoms with van der Waals surface area (Å²) in [6.07, 6.45) is 1.77. The van der Waals surface area contributed by atoms with Crippen molar-refractivity contribution in [2.75, 3.05) is 12.4 Å². The van der Waals surface area contributed by atoms with E-state index in [1.54, 1.807) is 18.2 Å². The zero-order valence-corrected chi connectivity index (χ0v) is 11.3. The minimum absolute atomic E-state index is 0.00637. The smallest absolute Gasteiger partial charge is 0.333 e. The Kier molecular flexibility index (Phi) is 4.53. The van der Waals surface area contributed by atoms with Crippen LogP contribution in [-0.2, 0) is 0 Å². The van der Waals surface area contributed by atoms with Crippen molar-refractivity contribution in [1.29, 1.82) is 0 Å². The Balaban J connectivity index is 3.20. The largest absolute Gasteiger partial charge is 0.490 e. The number of nitro benzene ring substituents is 1. The van der Waals surface area contributed by atoms with Gasteiger partial charge in [0, 0.05) is 5.54 Å². The summed E-state index contributed by atoms with van der Waals surface area (Å²) in [5, 5.41) is 14.4. The SMILES string of the molecule is CCC(C)(CC)Nc1cccc(OC)c1[N+](=O)[O-]. The van der Waals surface area contributed by atoms with Gasteiger partial charge in [-0.3, -0.25) is 10.1 Å². The topological polar surface area (TPSA) is 64.4 Å². The molecule has 18 heavy (non-hydrogen) atoms. The second-order valence-corrected chi connectivity index (χ2v) is 4.51. The second kappa shape index (κ2) is 5.71. The summed E-state index contributed by atoms with van der Waals surface area (Å²) in [5.74, 6) is 0.277. The maximum absolute atomic E-state index is 11.1. The number of hydrogen-bond acceptors (Lipinski definition) is 4. The van der Waals surface area contributed by atoms with Gasteiger partial charge >= 0.3 is 5.69 Å². The summed E-state index contributed by atoms with van der Waals surface area (Å²) < 4.78 is 5.05. The first-order valence-electron chi connectivity index (χ1n) is 6.07.